The van der Waals surface area contributed by atoms with Gasteiger partial charge in [0.05, 0.1) is 14.2 Å². The Balaban J connectivity index is 0.000000352. The number of carbonyl (C=O) groups excluding carboxylic acids is 5. The highest BCUT2D eigenvalue weighted by molar-refractivity contribution is 5.88. The summed E-state index contributed by atoms with van der Waals surface area (Å²) in [7, 11) is 2.77. The third-order valence-corrected chi connectivity index (χ3v) is 12.0. The van der Waals surface area contributed by atoms with Gasteiger partial charge in [-0.3, -0.25) is 34.0 Å². The summed E-state index contributed by atoms with van der Waals surface area (Å²) < 4.78 is 9.06. The molecule has 0 spiro atoms. The van der Waals surface area contributed by atoms with E-state index in [0.717, 1.165) is 81.8 Å². The first-order valence-electron chi connectivity index (χ1n) is 25.4. The Hall–Kier alpha value is -7.16. The number of nitrogens with two attached hydrogens (primary N) is 1. The van der Waals surface area contributed by atoms with Gasteiger partial charge in [0.25, 0.3) is 0 Å². The molecule has 0 aliphatic carbocycles. The van der Waals surface area contributed by atoms with Crippen molar-refractivity contribution in [3.05, 3.63) is 144 Å². The van der Waals surface area contributed by atoms with Crippen molar-refractivity contribution in [3.63, 3.8) is 0 Å². The molecule has 0 saturated carbocycles. The maximum absolute atomic E-state index is 12.0. The van der Waals surface area contributed by atoms with E-state index in [9.17, 15) is 28.8 Å². The van der Waals surface area contributed by atoms with Gasteiger partial charge < -0.3 is 30.9 Å². The highest BCUT2D eigenvalue weighted by Crippen LogP contribution is 2.20. The van der Waals surface area contributed by atoms with E-state index < -0.39 is 5.97 Å². The fraction of sp³-hybridized carbons (Fsp3) is 0.400. The monoisotopic (exact) mass is 1020 g/mol. The van der Waals surface area contributed by atoms with Gasteiger partial charge in [-0.1, -0.05) is 173 Å². The Morgan fingerprint density at radius 1 is 0.419 bits per heavy atom. The lowest BCUT2D eigenvalue weighted by atomic mass is 10.0. The number of hydrogen-bond donors (Lipinski definition) is 6. The van der Waals surface area contributed by atoms with E-state index >= 15 is 0 Å². The minimum Gasteiger partial charge on any atom is -0.481 e. The number of aliphatic carboxylic acids is 1. The zero-order valence-corrected chi connectivity index (χ0v) is 42.7. The molecule has 400 valence electrons. The molecule has 0 aromatic heterocycles. The van der Waals surface area contributed by atoms with Gasteiger partial charge in [-0.05, 0) is 87.5 Å². The van der Waals surface area contributed by atoms with Crippen molar-refractivity contribution in [1.29, 1.82) is 0 Å². The fourth-order valence-electron chi connectivity index (χ4n) is 7.92. The number of esters is 2. The zero-order valence-electron chi connectivity index (χ0n) is 42.7. The molecule has 0 fully saturated rings. The molecule has 7 N–H and O–H groups in total. The molecule has 6 aromatic carbocycles. The van der Waals surface area contributed by atoms with E-state index in [-0.39, 0.29) is 43.5 Å². The summed E-state index contributed by atoms with van der Waals surface area (Å²) in [5.74, 6) is -1.34. The summed E-state index contributed by atoms with van der Waals surface area (Å²) >= 11 is 0. The van der Waals surface area contributed by atoms with Crippen molar-refractivity contribution in [2.24, 2.45) is 5.73 Å². The number of ether oxygens (including phenoxy) is 2. The summed E-state index contributed by atoms with van der Waals surface area (Å²) in [5, 5.41) is 29.9. The highest BCUT2D eigenvalue weighted by atomic mass is 16.5. The summed E-state index contributed by atoms with van der Waals surface area (Å²) in [6.07, 6.45) is 12.6. The minimum atomic E-state index is -0.757. The van der Waals surface area contributed by atoms with Crippen LogP contribution in [0.3, 0.4) is 0 Å². The number of carbonyl (C=O) groups is 6. The molecule has 0 aliphatic heterocycles. The standard InChI is InChI=1S/C20H25NO3.C19H24N2O3.C11H11N.C9H16O4.CH4/c1-24-20(23)14-5-3-2-4-13-19(22)21-15-17-11-8-10-16-9-6-7-12-18(16)17;22-18(12-3-1-2-4-13-19(23)21-24)20-14-16-10-7-9-15-8-5-6-11-17(15)16;12-8-10-6-3-5-9-4-1-2-7-11(9)10;1-13-9(12)7-5-3-2-4-6-8(10)11;/h6-12H,2-5,13-15H2,1H3,(H,21,22);5-11,24H,1-4,12-14H2,(H,20,22)(H,21,23);1-7H,8,12H2;2-7H2,1H3,(H,10,11);1H4. The van der Waals surface area contributed by atoms with Crippen LogP contribution in [0.5, 0.6) is 0 Å². The van der Waals surface area contributed by atoms with E-state index in [1.54, 1.807) is 5.48 Å². The lowest BCUT2D eigenvalue weighted by molar-refractivity contribution is -0.141. The van der Waals surface area contributed by atoms with Crippen molar-refractivity contribution in [2.45, 2.75) is 143 Å². The quantitative estimate of drug-likeness (QED) is 0.0130. The summed E-state index contributed by atoms with van der Waals surface area (Å²) in [4.78, 5) is 66.5. The van der Waals surface area contributed by atoms with Gasteiger partial charge in [-0.25, -0.2) is 5.48 Å². The first-order valence-corrected chi connectivity index (χ1v) is 25.4. The largest absolute Gasteiger partial charge is 0.481 e. The van der Waals surface area contributed by atoms with Crippen LogP contribution in [-0.4, -0.2) is 60.2 Å². The van der Waals surface area contributed by atoms with Crippen molar-refractivity contribution in [3.8, 4) is 0 Å². The van der Waals surface area contributed by atoms with E-state index in [2.05, 4.69) is 86.8 Å². The van der Waals surface area contributed by atoms with Crippen LogP contribution in [0.2, 0.25) is 0 Å². The van der Waals surface area contributed by atoms with Crippen LogP contribution in [0.25, 0.3) is 32.3 Å². The van der Waals surface area contributed by atoms with Crippen LogP contribution in [0.4, 0.5) is 0 Å². The van der Waals surface area contributed by atoms with Gasteiger partial charge in [0.15, 0.2) is 0 Å². The maximum Gasteiger partial charge on any atom is 0.305 e. The molecule has 6 aromatic rings. The van der Waals surface area contributed by atoms with Crippen molar-refractivity contribution in [1.82, 2.24) is 16.1 Å². The van der Waals surface area contributed by atoms with E-state index in [1.165, 1.54) is 52.1 Å². The lowest BCUT2D eigenvalue weighted by Crippen LogP contribution is -2.22. The number of carboxylic acid groups (broad SMARTS) is 1. The topological polar surface area (TPSA) is 223 Å². The molecule has 74 heavy (non-hydrogen) atoms. The van der Waals surface area contributed by atoms with E-state index in [1.807, 2.05) is 60.7 Å². The van der Waals surface area contributed by atoms with Crippen LogP contribution in [-0.2, 0) is 57.9 Å². The van der Waals surface area contributed by atoms with Gasteiger partial charge in [0, 0.05) is 58.2 Å². The van der Waals surface area contributed by atoms with E-state index in [4.69, 9.17) is 16.0 Å². The molecule has 0 heterocycles. The molecule has 0 radical (unpaired) electrons. The predicted molar refractivity (Wildman–Crippen MR) is 295 cm³/mol. The Labute approximate surface area is 437 Å². The Morgan fingerprint density at radius 3 is 1.08 bits per heavy atom. The molecule has 14 heteroatoms. The third kappa shape index (κ3) is 26.0. The molecule has 0 saturated heterocycles. The lowest BCUT2D eigenvalue weighted by Gasteiger charge is -2.08. The number of nitrogens with one attached hydrogen (secondary N) is 3. The number of rotatable bonds is 26. The third-order valence-electron chi connectivity index (χ3n) is 12.0. The second-order valence-electron chi connectivity index (χ2n) is 17.5. The number of benzene rings is 6. The number of unbranched alkanes of at least 4 members (excludes halogenated alkanes) is 9. The van der Waals surface area contributed by atoms with Crippen LogP contribution in [0, 0.1) is 0 Å². The average molecular weight is 1020 g/mol. The summed E-state index contributed by atoms with van der Waals surface area (Å²) in [6, 6.07) is 43.1. The smallest absolute Gasteiger partial charge is 0.305 e. The fourth-order valence-corrected chi connectivity index (χ4v) is 7.92. The van der Waals surface area contributed by atoms with Crippen molar-refractivity contribution in [2.75, 3.05) is 14.2 Å². The van der Waals surface area contributed by atoms with Gasteiger partial charge >= 0.3 is 17.9 Å². The molecular weight excluding hydrogens is 937 g/mol. The SMILES string of the molecule is C.COC(=O)CCCCCCC(=O)NCc1cccc2ccccc12.COC(=O)CCCCCCC(=O)O.NCc1cccc2ccccc12.O=C(CCCCCCC(=O)NCc1cccc2ccccc12)NO. The van der Waals surface area contributed by atoms with Gasteiger partial charge in [-0.15, -0.1) is 0 Å². The normalized spacial score (nSPS) is 10.2. The van der Waals surface area contributed by atoms with Crippen LogP contribution >= 0.6 is 0 Å². The zero-order chi connectivity index (χ0) is 52.9. The molecule has 3 amide bonds. The molecule has 0 aliphatic rings. The second-order valence-corrected chi connectivity index (χ2v) is 17.5. The highest BCUT2D eigenvalue weighted by Gasteiger charge is 2.07. The molecular formula is C60H80N4O10. The first kappa shape index (κ1) is 63.0. The number of hydroxylamine groups is 1. The molecule has 14 nitrogen and oxygen atoms in total. The number of carboxylic acids is 1. The van der Waals surface area contributed by atoms with Gasteiger partial charge in [-0.2, -0.15) is 0 Å². The molecule has 6 rings (SSSR count). The Morgan fingerprint density at radius 2 is 0.730 bits per heavy atom. The maximum atomic E-state index is 12.0. The Kier molecular flexibility index (Phi) is 32.7. The van der Waals surface area contributed by atoms with Crippen LogP contribution in [0.1, 0.15) is 140 Å². The first-order chi connectivity index (χ1) is 35.5. The summed E-state index contributed by atoms with van der Waals surface area (Å²) in [6.45, 7) is 1.71. The molecule has 0 bridgehead atoms. The van der Waals surface area contributed by atoms with E-state index in [0.29, 0.717) is 58.2 Å². The number of fused-ring (bicyclic) bond motifs is 3. The Bertz CT molecular complexity index is 2470. The summed E-state index contributed by atoms with van der Waals surface area (Å²) in [5.41, 5.74) is 10.7. The van der Waals surface area contributed by atoms with Crippen molar-refractivity contribution < 1.29 is 48.6 Å². The molecule has 0 atom stereocenters. The van der Waals surface area contributed by atoms with Crippen molar-refractivity contribution >= 4 is 67.9 Å². The number of methoxy groups -OCH3 is 2. The average Bonchev–Trinajstić information content (AvgIpc) is 3.42. The second kappa shape index (κ2) is 38.5. The minimum absolute atomic E-state index is 0. The molecule has 0 unspecified atom stereocenters. The van der Waals surface area contributed by atoms with Crippen LogP contribution < -0.4 is 21.8 Å². The number of hydrogen-bond acceptors (Lipinski definition) is 10. The predicted octanol–water partition coefficient (Wildman–Crippen LogP) is 11.8. The number of amides is 3. The van der Waals surface area contributed by atoms with Crippen LogP contribution in [0.15, 0.2) is 127 Å². The van der Waals surface area contributed by atoms with Gasteiger partial charge in [0.1, 0.15) is 0 Å². The van der Waals surface area contributed by atoms with Gasteiger partial charge in [0.2, 0.25) is 17.7 Å².